The summed E-state index contributed by atoms with van der Waals surface area (Å²) < 4.78 is 6.36. The number of piperidine rings is 1. The van der Waals surface area contributed by atoms with Gasteiger partial charge in [0, 0.05) is 25.7 Å². The lowest BCUT2D eigenvalue weighted by molar-refractivity contribution is -0.144. The number of hydrogen-bond donors (Lipinski definition) is 2. The molecule has 266 valence electrons. The van der Waals surface area contributed by atoms with Gasteiger partial charge in [-0.25, -0.2) is 0 Å². The third-order valence-electron chi connectivity index (χ3n) is 11.7. The van der Waals surface area contributed by atoms with E-state index in [0.29, 0.717) is 31.3 Å². The van der Waals surface area contributed by atoms with Crippen LogP contribution in [-0.2, 0) is 20.8 Å². The molecule has 3 saturated heterocycles. The maximum atomic E-state index is 14.4. The number of carbonyl (C=O) groups excluding carboxylic acids is 2. The summed E-state index contributed by atoms with van der Waals surface area (Å²) in [6, 6.07) is 24.7. The molecule has 3 aromatic carbocycles. The van der Waals surface area contributed by atoms with Gasteiger partial charge in [0.2, 0.25) is 11.8 Å². The van der Waals surface area contributed by atoms with Crippen LogP contribution in [0.1, 0.15) is 79.7 Å². The summed E-state index contributed by atoms with van der Waals surface area (Å²) in [4.78, 5) is 32.7. The predicted molar refractivity (Wildman–Crippen MR) is 202 cm³/mol. The van der Waals surface area contributed by atoms with Crippen LogP contribution < -0.4 is 0 Å². The number of rotatable bonds is 10. The number of phenols is 1. The number of carbonyl (C=O) groups is 2. The van der Waals surface area contributed by atoms with Crippen LogP contribution in [0.5, 0.6) is 5.75 Å². The van der Waals surface area contributed by atoms with Crippen LogP contribution in [0.3, 0.4) is 0 Å². The van der Waals surface area contributed by atoms with Gasteiger partial charge in [-0.1, -0.05) is 85.7 Å². The molecule has 0 spiro atoms. The molecule has 0 saturated carbocycles. The summed E-state index contributed by atoms with van der Waals surface area (Å²) >= 11 is 0. The Hall–Kier alpha value is -3.98. The minimum absolute atomic E-state index is 0.00882. The molecule has 1 aliphatic carbocycles. The summed E-state index contributed by atoms with van der Waals surface area (Å²) in [6.45, 7) is 8.59. The minimum atomic E-state index is -0.991. The van der Waals surface area contributed by atoms with Gasteiger partial charge < -0.3 is 14.8 Å². The fourth-order valence-electron chi connectivity index (χ4n) is 9.38. The van der Waals surface area contributed by atoms with Gasteiger partial charge in [-0.05, 0) is 116 Å². The van der Waals surface area contributed by atoms with Crippen molar-refractivity contribution in [1.29, 1.82) is 0 Å². The van der Waals surface area contributed by atoms with Gasteiger partial charge in [-0.2, -0.15) is 0 Å². The van der Waals surface area contributed by atoms with Crippen molar-refractivity contribution >= 4 is 30.6 Å². The zero-order valence-electron chi connectivity index (χ0n) is 30.3. The summed E-state index contributed by atoms with van der Waals surface area (Å²) in [6.07, 6.45) is 7.52. The summed E-state index contributed by atoms with van der Waals surface area (Å²) in [5, 5.41) is 21.6. The Kier molecular flexibility index (Phi) is 10.6. The molecule has 3 aromatic rings. The number of imide groups is 1. The monoisotopic (exact) mass is 686 g/mol. The molecule has 7 nitrogen and oxygen atoms in total. The van der Waals surface area contributed by atoms with E-state index in [9.17, 15) is 19.7 Å². The molecule has 4 atom stereocenters. The molecule has 0 aromatic heterocycles. The van der Waals surface area contributed by atoms with Crippen LogP contribution in [0.15, 0.2) is 83.9 Å². The van der Waals surface area contributed by atoms with Crippen LogP contribution >= 0.6 is 0 Å². The van der Waals surface area contributed by atoms with E-state index in [-0.39, 0.29) is 35.8 Å². The van der Waals surface area contributed by atoms with E-state index < -0.39 is 13.0 Å². The van der Waals surface area contributed by atoms with Gasteiger partial charge >= 0.3 is 7.12 Å². The van der Waals surface area contributed by atoms with Crippen molar-refractivity contribution in [3.05, 3.63) is 112 Å². The van der Waals surface area contributed by atoms with Crippen molar-refractivity contribution in [2.24, 2.45) is 17.8 Å². The molecule has 8 heteroatoms. The summed E-state index contributed by atoms with van der Waals surface area (Å²) in [7, 11) is -0.991. The summed E-state index contributed by atoms with van der Waals surface area (Å²) in [5.74, 6) is -0.733. The maximum absolute atomic E-state index is 14.4. The molecule has 4 aliphatic rings. The van der Waals surface area contributed by atoms with Gasteiger partial charge in [0.15, 0.2) is 0 Å². The molecule has 3 fully saturated rings. The number of hydrogen-bond acceptors (Lipinski definition) is 6. The summed E-state index contributed by atoms with van der Waals surface area (Å²) in [5.41, 5.74) is 8.64. The number of benzene rings is 3. The number of likely N-dealkylation sites (tertiary alicyclic amines) is 2. The second kappa shape index (κ2) is 15.3. The van der Waals surface area contributed by atoms with E-state index in [1.165, 1.54) is 11.1 Å². The first-order valence-corrected chi connectivity index (χ1v) is 19.0. The normalized spacial score (nSPS) is 24.7. The molecule has 3 aliphatic heterocycles. The molecule has 0 bridgehead atoms. The van der Waals surface area contributed by atoms with Crippen LogP contribution in [0, 0.1) is 31.6 Å². The highest BCUT2D eigenvalue weighted by Crippen LogP contribution is 2.52. The lowest BCUT2D eigenvalue weighted by Crippen LogP contribution is -2.48. The van der Waals surface area contributed by atoms with Gasteiger partial charge in [-0.3, -0.25) is 19.4 Å². The maximum Gasteiger partial charge on any atom is 0.455 e. The highest BCUT2D eigenvalue weighted by molar-refractivity contribution is 6.43. The third-order valence-corrected chi connectivity index (χ3v) is 11.7. The molecule has 7 rings (SSSR count). The number of amides is 2. The van der Waals surface area contributed by atoms with Crippen LogP contribution in [0.2, 0.25) is 6.32 Å². The zero-order chi connectivity index (χ0) is 35.6. The first-order valence-electron chi connectivity index (χ1n) is 19.0. The number of aromatic hydroxyl groups is 1. The Balaban J connectivity index is 1.12. The largest absolute Gasteiger partial charge is 0.507 e. The lowest BCUT2D eigenvalue weighted by Gasteiger charge is -2.43. The first kappa shape index (κ1) is 35.4. The Morgan fingerprint density at radius 1 is 0.941 bits per heavy atom. The van der Waals surface area contributed by atoms with Gasteiger partial charge in [0.05, 0.1) is 17.9 Å². The van der Waals surface area contributed by atoms with Crippen molar-refractivity contribution in [3.8, 4) is 5.75 Å². The number of allylic oxidation sites excluding steroid dienone is 2. The first-order chi connectivity index (χ1) is 24.7. The topological polar surface area (TPSA) is 90.3 Å². The Morgan fingerprint density at radius 3 is 2.27 bits per heavy atom. The fraction of sp³-hybridized carbons (Fsp3) is 0.442. The smallest absolute Gasteiger partial charge is 0.455 e. The zero-order valence-corrected chi connectivity index (χ0v) is 30.3. The van der Waals surface area contributed by atoms with E-state index in [4.69, 9.17) is 4.65 Å². The average molecular weight is 687 g/mol. The van der Waals surface area contributed by atoms with Crippen molar-refractivity contribution in [1.82, 2.24) is 9.80 Å². The fourth-order valence-corrected chi connectivity index (χ4v) is 9.38. The van der Waals surface area contributed by atoms with Crippen molar-refractivity contribution < 1.29 is 24.4 Å². The van der Waals surface area contributed by atoms with Crippen molar-refractivity contribution in [3.63, 3.8) is 0 Å². The number of phenolic OH excluding ortho intramolecular Hbond substituents is 1. The highest BCUT2D eigenvalue weighted by atomic mass is 16.5. The quantitative estimate of drug-likeness (QED) is 0.0989. The average Bonchev–Trinajstić information content (AvgIpc) is 3.38. The minimum Gasteiger partial charge on any atom is -0.507 e. The molecular weight excluding hydrogens is 635 g/mol. The molecule has 3 heterocycles. The molecule has 2 amide bonds. The second-order valence-corrected chi connectivity index (χ2v) is 15.2. The van der Waals surface area contributed by atoms with Crippen molar-refractivity contribution in [2.45, 2.75) is 90.7 Å². The van der Waals surface area contributed by atoms with E-state index in [2.05, 4.69) is 54.3 Å². The second-order valence-electron chi connectivity index (χ2n) is 15.2. The van der Waals surface area contributed by atoms with E-state index in [1.54, 1.807) is 4.90 Å². The molecule has 2 N–H and O–H groups in total. The van der Waals surface area contributed by atoms with Gasteiger partial charge in [0.25, 0.3) is 0 Å². The van der Waals surface area contributed by atoms with E-state index in [0.717, 1.165) is 78.7 Å². The SMILES string of the molecule is CCCC1=C2[C@@H](CC/C(=C/c3cc(C)c(O)c(C)c3)c3ccccc3)OB(O)C[C@@H]2[C@@H]2C(=O)N(C3CCN(Cc4ccccc4)CC3)C(=O)[C@@H]2C1. The number of fused-ring (bicyclic) bond motifs is 3. The molecular formula is C43H51BN2O5. The molecule has 0 unspecified atom stereocenters. The number of aryl methyl sites for hydroxylation is 2. The van der Waals surface area contributed by atoms with Gasteiger partial charge in [-0.15, -0.1) is 0 Å². The van der Waals surface area contributed by atoms with Crippen molar-refractivity contribution in [2.75, 3.05) is 13.1 Å². The highest BCUT2D eigenvalue weighted by Gasteiger charge is 2.58. The lowest BCUT2D eigenvalue weighted by atomic mass is 9.58. The third kappa shape index (κ3) is 7.37. The molecule has 51 heavy (non-hydrogen) atoms. The Labute approximate surface area is 303 Å². The van der Waals surface area contributed by atoms with Gasteiger partial charge in [0.1, 0.15) is 5.75 Å². The predicted octanol–water partition coefficient (Wildman–Crippen LogP) is 7.59. The standard InChI is InChI=1S/C43H51BN2O5/c1-4-11-34-25-36-40(43(49)46(42(36)48)35-18-20-45(21-19-35)27-30-12-7-5-8-13-30)37-26-44(50)51-38(39(34)37)17-16-33(32-14-9-6-10-15-32)24-31-22-28(2)41(47)29(3)23-31/h5-10,12-15,22-24,35-38,40,47,50H,4,11,16-21,25-27H2,1-3H3/b33-24-/t36-,37+,38-,40-/m1/s1. The Morgan fingerprint density at radius 2 is 1.61 bits per heavy atom. The van der Waals surface area contributed by atoms with Crippen LogP contribution in [-0.4, -0.2) is 64.1 Å². The van der Waals surface area contributed by atoms with Crippen LogP contribution in [0.4, 0.5) is 0 Å². The number of nitrogens with zero attached hydrogens (tertiary/aromatic N) is 2. The van der Waals surface area contributed by atoms with Crippen LogP contribution in [0.25, 0.3) is 11.6 Å². The Bertz CT molecular complexity index is 1780. The molecule has 0 radical (unpaired) electrons. The van der Waals surface area contributed by atoms with E-state index >= 15 is 0 Å². The van der Waals surface area contributed by atoms with E-state index in [1.807, 2.05) is 50.2 Å².